The summed E-state index contributed by atoms with van der Waals surface area (Å²) < 4.78 is 16.5. The van der Waals surface area contributed by atoms with Crippen LogP contribution in [0.4, 0.5) is 5.69 Å². The van der Waals surface area contributed by atoms with Crippen LogP contribution in [0.1, 0.15) is 35.3 Å². The maximum Gasteiger partial charge on any atom is 0.338 e. The van der Waals surface area contributed by atoms with Gasteiger partial charge in [-0.15, -0.1) is 0 Å². The number of anilines is 1. The number of hydrogen-bond acceptors (Lipinski definition) is 6. The second-order valence-electron chi connectivity index (χ2n) is 7.55. The Hall–Kier alpha value is -3.99. The third-order valence-corrected chi connectivity index (χ3v) is 5.74. The molecule has 0 saturated heterocycles. The van der Waals surface area contributed by atoms with E-state index >= 15 is 0 Å². The van der Waals surface area contributed by atoms with Crippen molar-refractivity contribution < 1.29 is 23.8 Å². The van der Waals surface area contributed by atoms with Gasteiger partial charge in [0.25, 0.3) is 5.91 Å². The Morgan fingerprint density at radius 1 is 0.946 bits per heavy atom. The molecule has 0 heterocycles. The molecule has 3 aromatic carbocycles. The van der Waals surface area contributed by atoms with Crippen molar-refractivity contribution in [3.8, 4) is 17.6 Å². The van der Waals surface area contributed by atoms with Crippen LogP contribution in [0, 0.1) is 11.3 Å². The van der Waals surface area contributed by atoms with Gasteiger partial charge in [-0.1, -0.05) is 35.3 Å². The lowest BCUT2D eigenvalue weighted by Gasteiger charge is -2.14. The van der Waals surface area contributed by atoms with Gasteiger partial charge in [-0.2, -0.15) is 5.26 Å². The van der Waals surface area contributed by atoms with Crippen molar-refractivity contribution in [2.75, 3.05) is 18.5 Å². The Balaban J connectivity index is 1.76. The first-order chi connectivity index (χ1) is 17.9. The third-order valence-electron chi connectivity index (χ3n) is 5.03. The van der Waals surface area contributed by atoms with Crippen molar-refractivity contribution in [2.24, 2.45) is 0 Å². The molecule has 9 heteroatoms. The normalized spacial score (nSPS) is 10.8. The maximum atomic E-state index is 12.7. The molecule has 37 heavy (non-hydrogen) atoms. The Morgan fingerprint density at radius 2 is 1.65 bits per heavy atom. The van der Waals surface area contributed by atoms with Crippen LogP contribution < -0.4 is 14.8 Å². The van der Waals surface area contributed by atoms with Crippen molar-refractivity contribution in [1.82, 2.24) is 0 Å². The number of carbonyl (C=O) groups excluding carboxylic acids is 2. The second-order valence-corrected chi connectivity index (χ2v) is 8.36. The number of nitrogens with one attached hydrogen (secondary N) is 1. The number of carbonyl (C=O) groups is 2. The molecule has 3 rings (SSSR count). The molecular formula is C28H24Cl2N2O5. The Labute approximate surface area is 225 Å². The number of nitrogens with zero attached hydrogens (tertiary/aromatic N) is 1. The summed E-state index contributed by atoms with van der Waals surface area (Å²) in [5.74, 6) is -0.158. The van der Waals surface area contributed by atoms with Crippen LogP contribution in [-0.2, 0) is 16.1 Å². The number of esters is 1. The molecule has 0 aliphatic heterocycles. The summed E-state index contributed by atoms with van der Waals surface area (Å²) in [4.78, 5) is 24.5. The number of halogens is 2. The second kappa shape index (κ2) is 13.4. The topological polar surface area (TPSA) is 97.7 Å². The zero-order valence-electron chi connectivity index (χ0n) is 20.2. The first-order valence-electron chi connectivity index (χ1n) is 11.4. The summed E-state index contributed by atoms with van der Waals surface area (Å²) in [6.45, 7) is 4.33. The molecule has 0 unspecified atom stereocenters. The smallest absolute Gasteiger partial charge is 0.338 e. The predicted octanol–water partition coefficient (Wildman–Crippen LogP) is 6.69. The van der Waals surface area contributed by atoms with E-state index < -0.39 is 11.9 Å². The minimum Gasteiger partial charge on any atom is -0.490 e. The first kappa shape index (κ1) is 27.6. The molecule has 0 aromatic heterocycles. The quantitative estimate of drug-likeness (QED) is 0.175. The molecule has 3 aromatic rings. The minimum absolute atomic E-state index is 0.117. The van der Waals surface area contributed by atoms with E-state index in [1.165, 1.54) is 18.2 Å². The van der Waals surface area contributed by atoms with Gasteiger partial charge >= 0.3 is 5.97 Å². The van der Waals surface area contributed by atoms with Gasteiger partial charge in [0, 0.05) is 21.3 Å². The Kier molecular flexibility index (Phi) is 9.96. The summed E-state index contributed by atoms with van der Waals surface area (Å²) in [6, 6.07) is 18.4. The van der Waals surface area contributed by atoms with E-state index in [1.54, 1.807) is 55.5 Å². The van der Waals surface area contributed by atoms with Gasteiger partial charge in [0.15, 0.2) is 11.5 Å². The molecule has 0 fully saturated rings. The molecule has 1 N–H and O–H groups in total. The van der Waals surface area contributed by atoms with Crippen LogP contribution in [0.15, 0.2) is 66.2 Å². The zero-order valence-corrected chi connectivity index (χ0v) is 21.7. The molecular weight excluding hydrogens is 515 g/mol. The third kappa shape index (κ3) is 7.50. The fourth-order valence-corrected chi connectivity index (χ4v) is 3.75. The van der Waals surface area contributed by atoms with E-state index in [4.69, 9.17) is 37.4 Å². The number of nitriles is 1. The minimum atomic E-state index is -0.599. The summed E-state index contributed by atoms with van der Waals surface area (Å²) in [5, 5.41) is 13.2. The van der Waals surface area contributed by atoms with Crippen LogP contribution >= 0.6 is 23.2 Å². The molecule has 0 aliphatic rings. The number of hydrogen-bond donors (Lipinski definition) is 1. The zero-order chi connectivity index (χ0) is 26.8. The molecule has 0 atom stereocenters. The van der Waals surface area contributed by atoms with Gasteiger partial charge < -0.3 is 19.5 Å². The van der Waals surface area contributed by atoms with Crippen LogP contribution in [0.5, 0.6) is 11.5 Å². The highest BCUT2D eigenvalue weighted by Gasteiger charge is 2.14. The Bertz CT molecular complexity index is 1330. The van der Waals surface area contributed by atoms with E-state index in [0.29, 0.717) is 50.5 Å². The van der Waals surface area contributed by atoms with Crippen molar-refractivity contribution in [3.05, 3.63) is 93.0 Å². The van der Waals surface area contributed by atoms with Gasteiger partial charge in [-0.05, 0) is 74.0 Å². The fourth-order valence-electron chi connectivity index (χ4n) is 3.24. The molecule has 0 saturated carbocycles. The lowest BCUT2D eigenvalue weighted by Crippen LogP contribution is -2.13. The number of ether oxygens (including phenoxy) is 3. The van der Waals surface area contributed by atoms with Gasteiger partial charge in [0.2, 0.25) is 0 Å². The van der Waals surface area contributed by atoms with Gasteiger partial charge in [0.1, 0.15) is 18.2 Å². The van der Waals surface area contributed by atoms with Crippen LogP contribution in [0.25, 0.3) is 6.08 Å². The summed E-state index contributed by atoms with van der Waals surface area (Å²) in [5.41, 5.74) is 1.88. The standard InChI is InChI=1S/C28H24Cl2N2O5/c1-3-35-26-15-18(8-13-25(26)37-17-22-23(29)6-5-7-24(22)30)14-20(16-31)27(33)32-21-11-9-19(10-12-21)28(34)36-4-2/h5-15H,3-4,17H2,1-2H3,(H,32,33)/b20-14+. The van der Waals surface area contributed by atoms with Crippen molar-refractivity contribution in [2.45, 2.75) is 20.5 Å². The van der Waals surface area contributed by atoms with Crippen molar-refractivity contribution in [3.63, 3.8) is 0 Å². The largest absolute Gasteiger partial charge is 0.490 e. The number of amides is 1. The molecule has 0 spiro atoms. The van der Waals surface area contributed by atoms with Crippen LogP contribution in [0.3, 0.4) is 0 Å². The average Bonchev–Trinajstić information content (AvgIpc) is 2.88. The van der Waals surface area contributed by atoms with E-state index in [2.05, 4.69) is 5.32 Å². The lowest BCUT2D eigenvalue weighted by molar-refractivity contribution is -0.112. The highest BCUT2D eigenvalue weighted by atomic mass is 35.5. The van der Waals surface area contributed by atoms with Gasteiger partial charge in [0.05, 0.1) is 18.8 Å². The van der Waals surface area contributed by atoms with E-state index in [-0.39, 0.29) is 18.8 Å². The van der Waals surface area contributed by atoms with E-state index in [9.17, 15) is 14.9 Å². The SMILES string of the molecule is CCOC(=O)c1ccc(NC(=O)/C(C#N)=C/c2ccc(OCc3c(Cl)cccc3Cl)c(OCC)c2)cc1. The molecule has 0 radical (unpaired) electrons. The number of rotatable bonds is 10. The van der Waals surface area contributed by atoms with Crippen LogP contribution in [0.2, 0.25) is 10.0 Å². The summed E-state index contributed by atoms with van der Waals surface area (Å²) in [7, 11) is 0. The molecule has 1 amide bonds. The average molecular weight is 539 g/mol. The molecule has 0 aliphatic carbocycles. The Morgan fingerprint density at radius 3 is 2.27 bits per heavy atom. The molecule has 190 valence electrons. The lowest BCUT2D eigenvalue weighted by atomic mass is 10.1. The van der Waals surface area contributed by atoms with Gasteiger partial charge in [-0.3, -0.25) is 4.79 Å². The highest BCUT2D eigenvalue weighted by Crippen LogP contribution is 2.32. The van der Waals surface area contributed by atoms with E-state index in [1.807, 2.05) is 13.0 Å². The summed E-state index contributed by atoms with van der Waals surface area (Å²) >= 11 is 12.4. The molecule has 7 nitrogen and oxygen atoms in total. The molecule has 0 bridgehead atoms. The van der Waals surface area contributed by atoms with Crippen molar-refractivity contribution in [1.29, 1.82) is 5.26 Å². The first-order valence-corrected chi connectivity index (χ1v) is 12.1. The predicted molar refractivity (Wildman–Crippen MR) is 143 cm³/mol. The maximum absolute atomic E-state index is 12.7. The van der Waals surface area contributed by atoms with Gasteiger partial charge in [-0.25, -0.2) is 4.79 Å². The number of benzene rings is 3. The van der Waals surface area contributed by atoms with Crippen LogP contribution in [-0.4, -0.2) is 25.1 Å². The fraction of sp³-hybridized carbons (Fsp3) is 0.179. The monoisotopic (exact) mass is 538 g/mol. The van der Waals surface area contributed by atoms with Crippen molar-refractivity contribution >= 4 is 46.8 Å². The highest BCUT2D eigenvalue weighted by molar-refractivity contribution is 6.35. The van der Waals surface area contributed by atoms with E-state index in [0.717, 1.165) is 0 Å². The summed E-state index contributed by atoms with van der Waals surface area (Å²) in [6.07, 6.45) is 1.44.